The Balaban J connectivity index is 0.00000441. The molecule has 0 bridgehead atoms. The van der Waals surface area contributed by atoms with Crippen LogP contribution in [0.4, 0.5) is 8.78 Å². The molecule has 0 heterocycles. The molecule has 8 heteroatoms. The molecule has 0 aromatic heterocycles. The summed E-state index contributed by atoms with van der Waals surface area (Å²) >= 11 is 3.25. The van der Waals surface area contributed by atoms with E-state index in [2.05, 4.69) is 26.0 Å². The van der Waals surface area contributed by atoms with Crippen molar-refractivity contribution in [2.24, 2.45) is 11.7 Å². The van der Waals surface area contributed by atoms with E-state index in [4.69, 9.17) is 5.73 Å². The van der Waals surface area contributed by atoms with Gasteiger partial charge in [-0.1, -0.05) is 36.2 Å². The summed E-state index contributed by atoms with van der Waals surface area (Å²) in [6.07, 6.45) is 0.783. The molecular weight excluding hydrogens is 382 g/mol. The number of nitrogens with two attached hydrogens (primary N) is 1. The smallest absolute Gasteiger partial charge is 0.387 e. The SMILES string of the molecule is CCC(C)C(N)C(=O)NCc1cc(Br)ccc1OC(F)F.Cl. The molecule has 0 saturated carbocycles. The number of carbonyl (C=O) groups excluding carboxylic acids is 1. The van der Waals surface area contributed by atoms with Crippen LogP contribution in [0, 0.1) is 5.92 Å². The molecule has 4 nitrogen and oxygen atoms in total. The lowest BCUT2D eigenvalue weighted by Crippen LogP contribution is -2.44. The van der Waals surface area contributed by atoms with Crippen molar-refractivity contribution in [2.45, 2.75) is 39.5 Å². The Kier molecular flexibility index (Phi) is 9.55. The highest BCUT2D eigenvalue weighted by Crippen LogP contribution is 2.24. The summed E-state index contributed by atoms with van der Waals surface area (Å²) < 4.78 is 29.8. The molecule has 126 valence electrons. The molecule has 0 aliphatic rings. The Morgan fingerprint density at radius 2 is 2.09 bits per heavy atom. The molecule has 22 heavy (non-hydrogen) atoms. The van der Waals surface area contributed by atoms with Gasteiger partial charge in [0.05, 0.1) is 6.04 Å². The van der Waals surface area contributed by atoms with Crippen LogP contribution in [0.15, 0.2) is 22.7 Å². The first-order valence-electron chi connectivity index (χ1n) is 6.61. The van der Waals surface area contributed by atoms with Crippen molar-refractivity contribution in [3.63, 3.8) is 0 Å². The van der Waals surface area contributed by atoms with Crippen LogP contribution in [0.25, 0.3) is 0 Å². The van der Waals surface area contributed by atoms with Crippen molar-refractivity contribution < 1.29 is 18.3 Å². The summed E-state index contributed by atoms with van der Waals surface area (Å²) in [4.78, 5) is 11.9. The van der Waals surface area contributed by atoms with E-state index in [0.29, 0.717) is 10.0 Å². The van der Waals surface area contributed by atoms with Gasteiger partial charge in [0.25, 0.3) is 0 Å². The maximum Gasteiger partial charge on any atom is 0.387 e. The highest BCUT2D eigenvalue weighted by atomic mass is 79.9. The normalized spacial score (nSPS) is 13.2. The van der Waals surface area contributed by atoms with E-state index < -0.39 is 12.7 Å². The Hall–Kier alpha value is -0.920. The maximum atomic E-state index is 12.3. The predicted molar refractivity (Wildman–Crippen MR) is 87.3 cm³/mol. The third-order valence-electron chi connectivity index (χ3n) is 3.25. The van der Waals surface area contributed by atoms with Crippen molar-refractivity contribution in [1.82, 2.24) is 5.32 Å². The molecule has 0 aliphatic heterocycles. The minimum Gasteiger partial charge on any atom is -0.434 e. The first-order chi connectivity index (χ1) is 9.85. The third kappa shape index (κ3) is 6.46. The summed E-state index contributed by atoms with van der Waals surface area (Å²) in [6, 6.07) is 4.01. The van der Waals surface area contributed by atoms with Crippen LogP contribution in [-0.4, -0.2) is 18.6 Å². The Labute approximate surface area is 143 Å². The van der Waals surface area contributed by atoms with E-state index in [1.54, 1.807) is 12.1 Å². The van der Waals surface area contributed by atoms with Gasteiger partial charge < -0.3 is 15.8 Å². The number of alkyl halides is 2. The summed E-state index contributed by atoms with van der Waals surface area (Å²) in [5.41, 5.74) is 6.26. The van der Waals surface area contributed by atoms with Gasteiger partial charge in [0.1, 0.15) is 5.75 Å². The number of benzene rings is 1. The Morgan fingerprint density at radius 1 is 1.45 bits per heavy atom. The molecule has 1 aromatic carbocycles. The largest absolute Gasteiger partial charge is 0.434 e. The van der Waals surface area contributed by atoms with Gasteiger partial charge >= 0.3 is 6.61 Å². The predicted octanol–water partition coefficient (Wildman–Crippen LogP) is 3.46. The molecule has 1 rings (SSSR count). The Morgan fingerprint density at radius 3 is 2.64 bits per heavy atom. The van der Waals surface area contributed by atoms with Gasteiger partial charge in [0.15, 0.2) is 0 Å². The standard InChI is InChI=1S/C14H19BrF2N2O2.ClH/c1-3-8(2)12(18)13(20)19-7-9-6-10(15)4-5-11(9)21-14(16)17;/h4-6,8,12,14H,3,7,18H2,1-2H3,(H,19,20);1H. The maximum absolute atomic E-state index is 12.3. The lowest BCUT2D eigenvalue weighted by Gasteiger charge is -2.18. The monoisotopic (exact) mass is 400 g/mol. The number of carbonyl (C=O) groups is 1. The van der Waals surface area contributed by atoms with Crippen LogP contribution in [0.3, 0.4) is 0 Å². The topological polar surface area (TPSA) is 64.4 Å². The van der Waals surface area contributed by atoms with Crippen LogP contribution >= 0.6 is 28.3 Å². The minimum atomic E-state index is -2.91. The van der Waals surface area contributed by atoms with Gasteiger partial charge in [0.2, 0.25) is 5.91 Å². The third-order valence-corrected chi connectivity index (χ3v) is 3.74. The van der Waals surface area contributed by atoms with Crippen LogP contribution in [0.5, 0.6) is 5.75 Å². The fraction of sp³-hybridized carbons (Fsp3) is 0.500. The second-order valence-corrected chi connectivity index (χ2v) is 5.68. The van der Waals surface area contributed by atoms with Crippen molar-refractivity contribution in [3.8, 4) is 5.75 Å². The summed E-state index contributed by atoms with van der Waals surface area (Å²) in [5, 5.41) is 2.65. The summed E-state index contributed by atoms with van der Waals surface area (Å²) in [5.74, 6) is -0.234. The minimum absolute atomic E-state index is 0. The number of rotatable bonds is 7. The average molecular weight is 402 g/mol. The number of hydrogen-bond acceptors (Lipinski definition) is 3. The molecule has 0 aliphatic carbocycles. The van der Waals surface area contributed by atoms with E-state index in [1.165, 1.54) is 6.07 Å². The first kappa shape index (κ1) is 21.1. The van der Waals surface area contributed by atoms with E-state index >= 15 is 0 Å². The molecular formula is C14H20BrClF2N2O2. The van der Waals surface area contributed by atoms with Gasteiger partial charge in [-0.2, -0.15) is 8.78 Å². The first-order valence-corrected chi connectivity index (χ1v) is 7.41. The van der Waals surface area contributed by atoms with Crippen LogP contribution < -0.4 is 15.8 Å². The van der Waals surface area contributed by atoms with Gasteiger partial charge in [-0.3, -0.25) is 4.79 Å². The molecule has 3 N–H and O–H groups in total. The highest BCUT2D eigenvalue weighted by Gasteiger charge is 2.19. The van der Waals surface area contributed by atoms with Crippen molar-refractivity contribution in [2.75, 3.05) is 0 Å². The second-order valence-electron chi connectivity index (χ2n) is 4.76. The average Bonchev–Trinajstić information content (AvgIpc) is 2.44. The van der Waals surface area contributed by atoms with Crippen molar-refractivity contribution >= 4 is 34.2 Å². The van der Waals surface area contributed by atoms with Gasteiger partial charge in [-0.15, -0.1) is 12.4 Å². The summed E-state index contributed by atoms with van der Waals surface area (Å²) in [7, 11) is 0. The van der Waals surface area contributed by atoms with Crippen molar-refractivity contribution in [1.29, 1.82) is 0 Å². The zero-order valence-corrected chi connectivity index (χ0v) is 14.7. The van der Waals surface area contributed by atoms with Gasteiger partial charge in [-0.05, 0) is 24.1 Å². The molecule has 0 radical (unpaired) electrons. The van der Waals surface area contributed by atoms with Crippen LogP contribution in [0.1, 0.15) is 25.8 Å². The van der Waals surface area contributed by atoms with E-state index in [9.17, 15) is 13.6 Å². The fourth-order valence-corrected chi connectivity index (χ4v) is 2.12. The number of ether oxygens (including phenoxy) is 1. The van der Waals surface area contributed by atoms with Crippen molar-refractivity contribution in [3.05, 3.63) is 28.2 Å². The molecule has 2 unspecified atom stereocenters. The van der Waals surface area contributed by atoms with E-state index in [1.807, 2.05) is 13.8 Å². The number of nitrogens with one attached hydrogen (secondary N) is 1. The molecule has 0 spiro atoms. The van der Waals surface area contributed by atoms with E-state index in [0.717, 1.165) is 6.42 Å². The number of amides is 1. The summed E-state index contributed by atoms with van der Waals surface area (Å²) in [6.45, 7) is 0.989. The zero-order chi connectivity index (χ0) is 16.0. The molecule has 0 saturated heterocycles. The molecule has 2 atom stereocenters. The lowest BCUT2D eigenvalue weighted by molar-refractivity contribution is -0.123. The number of hydrogen-bond donors (Lipinski definition) is 2. The van der Waals surface area contributed by atoms with Gasteiger partial charge in [-0.25, -0.2) is 0 Å². The van der Waals surface area contributed by atoms with Gasteiger partial charge in [0, 0.05) is 16.6 Å². The zero-order valence-electron chi connectivity index (χ0n) is 12.3. The lowest BCUT2D eigenvalue weighted by atomic mass is 9.99. The van der Waals surface area contributed by atoms with E-state index in [-0.39, 0.29) is 36.5 Å². The molecule has 1 aromatic rings. The fourth-order valence-electron chi connectivity index (χ4n) is 1.71. The molecule has 1 amide bonds. The van der Waals surface area contributed by atoms with Crippen LogP contribution in [0.2, 0.25) is 0 Å². The van der Waals surface area contributed by atoms with Crippen LogP contribution in [-0.2, 0) is 11.3 Å². The number of halogens is 4. The molecule has 0 fully saturated rings. The quantitative estimate of drug-likeness (QED) is 0.735. The highest BCUT2D eigenvalue weighted by molar-refractivity contribution is 9.10. The second kappa shape index (κ2) is 9.97. The Bertz CT molecular complexity index is 492.